The molecule has 0 aromatic heterocycles. The monoisotopic (exact) mass is 379 g/mol. The topological polar surface area (TPSA) is 122 Å². The van der Waals surface area contributed by atoms with Gasteiger partial charge in [0.1, 0.15) is 6.61 Å². The second kappa shape index (κ2) is 8.17. The Morgan fingerprint density at radius 1 is 1.00 bits per heavy atom. The number of fused-ring (bicyclic) bond motifs is 1. The summed E-state index contributed by atoms with van der Waals surface area (Å²) in [5.41, 5.74) is 0.547. The first-order chi connectivity index (χ1) is 13.5. The molecule has 0 aliphatic heterocycles. The van der Waals surface area contributed by atoms with Crippen molar-refractivity contribution in [1.82, 2.24) is 0 Å². The summed E-state index contributed by atoms with van der Waals surface area (Å²) in [6, 6.07) is 16.7. The van der Waals surface area contributed by atoms with Crippen molar-refractivity contribution >= 4 is 34.2 Å². The number of anilines is 1. The Balaban J connectivity index is 1.93. The minimum atomic E-state index is -1.43. The van der Waals surface area contributed by atoms with Crippen LogP contribution in [0.2, 0.25) is 0 Å². The van der Waals surface area contributed by atoms with Crippen molar-refractivity contribution in [2.75, 3.05) is 5.32 Å². The third kappa shape index (κ3) is 4.24. The quantitative estimate of drug-likeness (QED) is 0.519. The molecular weight excluding hydrogens is 364 g/mol. The number of nitrogens with one attached hydrogen (secondary N) is 1. The number of nitro groups is 1. The van der Waals surface area contributed by atoms with Crippen molar-refractivity contribution in [2.45, 2.75) is 13.0 Å². The molecule has 28 heavy (non-hydrogen) atoms. The Kier molecular flexibility index (Phi) is 5.50. The number of nitro benzene ring substituents is 1. The second-order valence-corrected chi connectivity index (χ2v) is 5.96. The number of amides is 1. The van der Waals surface area contributed by atoms with Crippen LogP contribution >= 0.6 is 0 Å². The minimum Gasteiger partial charge on any atom is -0.550 e. The molecule has 1 N–H and O–H groups in total. The number of aliphatic carboxylic acids is 1. The molecule has 1 amide bonds. The van der Waals surface area contributed by atoms with Gasteiger partial charge in [0.05, 0.1) is 10.6 Å². The van der Waals surface area contributed by atoms with Crippen LogP contribution < -0.4 is 10.4 Å². The number of hydrogen-bond donors (Lipinski definition) is 1. The zero-order chi connectivity index (χ0) is 20.1. The number of nitrogens with zero attached hydrogens (tertiary/aromatic N) is 1. The molecular formula is C20H15N2O6-. The molecule has 0 aliphatic rings. The summed E-state index contributed by atoms with van der Waals surface area (Å²) in [7, 11) is 0. The van der Waals surface area contributed by atoms with Crippen LogP contribution in [0.3, 0.4) is 0 Å². The Labute approximate surface area is 159 Å². The number of rotatable bonds is 6. The van der Waals surface area contributed by atoms with Crippen LogP contribution in [-0.4, -0.2) is 17.0 Å². The Morgan fingerprint density at radius 2 is 1.64 bits per heavy atom. The van der Waals surface area contributed by atoms with E-state index in [0.29, 0.717) is 10.8 Å². The Bertz CT molecular complexity index is 1050. The average molecular weight is 379 g/mol. The first-order valence-electron chi connectivity index (χ1n) is 8.32. The molecule has 0 aliphatic carbocycles. The van der Waals surface area contributed by atoms with E-state index in [0.717, 1.165) is 11.6 Å². The van der Waals surface area contributed by atoms with Gasteiger partial charge in [-0.15, -0.1) is 0 Å². The molecule has 0 spiro atoms. The maximum Gasteiger partial charge on any atom is 0.411 e. The summed E-state index contributed by atoms with van der Waals surface area (Å²) in [6.07, 6.45) is -1.40. The normalized spacial score (nSPS) is 10.4. The second-order valence-electron chi connectivity index (χ2n) is 5.96. The fourth-order valence-electron chi connectivity index (χ4n) is 2.89. The van der Waals surface area contributed by atoms with E-state index >= 15 is 0 Å². The lowest BCUT2D eigenvalue weighted by atomic mass is 9.98. The highest BCUT2D eigenvalue weighted by Gasteiger charge is 2.21. The van der Waals surface area contributed by atoms with Gasteiger partial charge in [-0.25, -0.2) is 4.79 Å². The predicted octanol–water partition coefficient (Wildman–Crippen LogP) is 2.79. The van der Waals surface area contributed by atoms with Crippen molar-refractivity contribution in [3.8, 4) is 0 Å². The van der Waals surface area contributed by atoms with E-state index < -0.39 is 29.1 Å². The highest BCUT2D eigenvalue weighted by molar-refractivity contribution is 6.04. The van der Waals surface area contributed by atoms with Gasteiger partial charge in [-0.1, -0.05) is 54.6 Å². The van der Waals surface area contributed by atoms with Crippen molar-refractivity contribution in [2.24, 2.45) is 0 Å². The number of carboxylic acid groups (broad SMARTS) is 1. The van der Waals surface area contributed by atoms with Crippen LogP contribution in [0.15, 0.2) is 60.7 Å². The fourth-order valence-corrected chi connectivity index (χ4v) is 2.89. The van der Waals surface area contributed by atoms with E-state index in [2.05, 4.69) is 5.32 Å². The predicted molar refractivity (Wildman–Crippen MR) is 99.6 cm³/mol. The van der Waals surface area contributed by atoms with Crippen LogP contribution in [-0.2, 0) is 22.6 Å². The maximum absolute atomic E-state index is 12.2. The zero-order valence-electron chi connectivity index (χ0n) is 14.6. The summed E-state index contributed by atoms with van der Waals surface area (Å²) in [5, 5.41) is 25.8. The van der Waals surface area contributed by atoms with E-state index in [9.17, 15) is 24.8 Å². The van der Waals surface area contributed by atoms with Gasteiger partial charge in [0.2, 0.25) is 0 Å². The molecule has 0 saturated carbocycles. The van der Waals surface area contributed by atoms with Gasteiger partial charge in [-0.05, 0) is 10.9 Å². The number of benzene rings is 3. The molecule has 0 fully saturated rings. The lowest BCUT2D eigenvalue weighted by Crippen LogP contribution is -2.25. The van der Waals surface area contributed by atoms with E-state index in [4.69, 9.17) is 4.74 Å². The Hall–Kier alpha value is -3.94. The van der Waals surface area contributed by atoms with Crippen molar-refractivity contribution < 1.29 is 24.4 Å². The van der Waals surface area contributed by atoms with Gasteiger partial charge in [0.25, 0.3) is 5.69 Å². The summed E-state index contributed by atoms with van der Waals surface area (Å²) in [6.45, 7) is 0.0372. The molecule has 0 heterocycles. The van der Waals surface area contributed by atoms with Gasteiger partial charge in [-0.3, -0.25) is 15.4 Å². The lowest BCUT2D eigenvalue weighted by molar-refractivity contribution is -0.385. The van der Waals surface area contributed by atoms with Gasteiger partial charge >= 0.3 is 6.09 Å². The number of carbonyl (C=O) groups is 2. The van der Waals surface area contributed by atoms with Crippen LogP contribution in [0.5, 0.6) is 0 Å². The largest absolute Gasteiger partial charge is 0.550 e. The molecule has 0 radical (unpaired) electrons. The van der Waals surface area contributed by atoms with Crippen LogP contribution in [0.25, 0.3) is 10.8 Å². The van der Waals surface area contributed by atoms with Crippen molar-refractivity contribution in [3.05, 3.63) is 81.9 Å². The number of carbonyl (C=O) groups excluding carboxylic acids is 2. The molecule has 3 rings (SSSR count). The number of hydrogen-bond acceptors (Lipinski definition) is 6. The molecule has 0 bridgehead atoms. The smallest absolute Gasteiger partial charge is 0.411 e. The standard InChI is InChI=1S/C20H16N2O6/c23-19(24)10-16-14-8-4-5-9-15(14)17(11-18(16)22(26)27)21-20(25)28-12-13-6-2-1-3-7-13/h1-9,11H,10,12H2,(H,21,25)(H,23,24)/p-1. The van der Waals surface area contributed by atoms with Crippen molar-refractivity contribution in [1.29, 1.82) is 0 Å². The highest BCUT2D eigenvalue weighted by atomic mass is 16.6. The van der Waals surface area contributed by atoms with Crippen molar-refractivity contribution in [3.63, 3.8) is 0 Å². The molecule has 8 heteroatoms. The zero-order valence-corrected chi connectivity index (χ0v) is 14.6. The maximum atomic E-state index is 12.2. The summed E-state index contributed by atoms with van der Waals surface area (Å²) >= 11 is 0. The molecule has 142 valence electrons. The molecule has 0 unspecified atom stereocenters. The van der Waals surface area contributed by atoms with Gasteiger partial charge in [0.15, 0.2) is 0 Å². The third-order valence-electron chi connectivity index (χ3n) is 4.10. The molecule has 3 aromatic rings. The first kappa shape index (κ1) is 18.8. The molecule has 0 saturated heterocycles. The van der Waals surface area contributed by atoms with Crippen LogP contribution in [0.4, 0.5) is 16.2 Å². The number of ether oxygens (including phenoxy) is 1. The summed E-state index contributed by atoms with van der Waals surface area (Å²) in [5.74, 6) is -1.43. The molecule has 0 atom stereocenters. The SMILES string of the molecule is O=C([O-])Cc1c([N+](=O)[O-])cc(NC(=O)OCc2ccccc2)c2ccccc12. The van der Waals surface area contributed by atoms with Crippen LogP contribution in [0.1, 0.15) is 11.1 Å². The van der Waals surface area contributed by atoms with E-state index in [1.165, 1.54) is 0 Å². The third-order valence-corrected chi connectivity index (χ3v) is 4.10. The van der Waals surface area contributed by atoms with E-state index in [1.54, 1.807) is 36.4 Å². The van der Waals surface area contributed by atoms with Gasteiger partial charge < -0.3 is 14.6 Å². The summed E-state index contributed by atoms with van der Waals surface area (Å²) < 4.78 is 5.15. The first-order valence-corrected chi connectivity index (χ1v) is 8.32. The number of carboxylic acids is 1. The fraction of sp³-hybridized carbons (Fsp3) is 0.100. The van der Waals surface area contributed by atoms with Crippen LogP contribution in [0, 0.1) is 10.1 Å². The van der Waals surface area contributed by atoms with Gasteiger partial charge in [0, 0.05) is 29.4 Å². The lowest BCUT2D eigenvalue weighted by Gasteiger charge is -2.14. The summed E-state index contributed by atoms with van der Waals surface area (Å²) in [4.78, 5) is 34.0. The average Bonchev–Trinajstić information content (AvgIpc) is 2.68. The van der Waals surface area contributed by atoms with E-state index in [-0.39, 0.29) is 17.9 Å². The van der Waals surface area contributed by atoms with E-state index in [1.807, 2.05) is 18.2 Å². The minimum absolute atomic E-state index is 0.0174. The molecule has 3 aromatic carbocycles. The highest BCUT2D eigenvalue weighted by Crippen LogP contribution is 2.34. The molecule has 8 nitrogen and oxygen atoms in total. The van der Waals surface area contributed by atoms with Gasteiger partial charge in [-0.2, -0.15) is 0 Å². The Morgan fingerprint density at radius 3 is 2.29 bits per heavy atom.